The zero-order valence-electron chi connectivity index (χ0n) is 11.7. The number of anilines is 1. The minimum atomic E-state index is 0.704. The topological polar surface area (TPSA) is 3.24 Å². The van der Waals surface area contributed by atoms with Gasteiger partial charge in [0.25, 0.3) is 0 Å². The third kappa shape index (κ3) is 5.43. The molecule has 2 aromatic carbocycles. The first-order valence-electron chi connectivity index (χ1n) is 7.07. The molecule has 1 aliphatic heterocycles. The summed E-state index contributed by atoms with van der Waals surface area (Å²) in [6, 6.07) is 15.2. The molecule has 1 aliphatic rings. The smallest absolute Gasteiger partial charge is 0.0654 e. The van der Waals surface area contributed by atoms with Gasteiger partial charge in [-0.2, -0.15) is 0 Å². The largest absolute Gasteiger partial charge is 0.370 e. The minimum absolute atomic E-state index is 0.704. The first-order chi connectivity index (χ1) is 10.2. The molecular formula is C17H18Cl3N. The molecule has 0 radical (unpaired) electrons. The van der Waals surface area contributed by atoms with Crippen LogP contribution in [0.2, 0.25) is 15.1 Å². The molecule has 0 bridgehead atoms. The lowest BCUT2D eigenvalue weighted by Gasteiger charge is -2.29. The van der Waals surface area contributed by atoms with Gasteiger partial charge >= 0.3 is 0 Å². The summed E-state index contributed by atoms with van der Waals surface area (Å²) >= 11 is 17.5. The number of hydrogen-bond acceptors (Lipinski definition) is 1. The quantitative estimate of drug-likeness (QED) is 0.586. The van der Waals surface area contributed by atoms with Crippen molar-refractivity contribution >= 4 is 40.5 Å². The van der Waals surface area contributed by atoms with Crippen LogP contribution >= 0.6 is 34.8 Å². The van der Waals surface area contributed by atoms with E-state index < -0.39 is 0 Å². The van der Waals surface area contributed by atoms with E-state index in [1.54, 1.807) is 0 Å². The minimum Gasteiger partial charge on any atom is -0.370 e. The normalized spacial score (nSPS) is 14.3. The van der Waals surface area contributed by atoms with Crippen LogP contribution in [0.1, 0.15) is 19.3 Å². The molecule has 1 heterocycles. The Kier molecular flexibility index (Phi) is 6.69. The van der Waals surface area contributed by atoms with E-state index in [1.165, 1.54) is 19.3 Å². The molecule has 0 atom stereocenters. The molecule has 0 spiro atoms. The number of piperidine rings is 1. The van der Waals surface area contributed by atoms with Gasteiger partial charge < -0.3 is 4.90 Å². The summed E-state index contributed by atoms with van der Waals surface area (Å²) in [4.78, 5) is 2.34. The van der Waals surface area contributed by atoms with Crippen molar-refractivity contribution in [3.8, 4) is 0 Å². The van der Waals surface area contributed by atoms with Crippen molar-refractivity contribution in [2.75, 3.05) is 18.0 Å². The second-order valence-electron chi connectivity index (χ2n) is 4.94. The average molecular weight is 343 g/mol. The summed E-state index contributed by atoms with van der Waals surface area (Å²) in [6.07, 6.45) is 3.86. The van der Waals surface area contributed by atoms with Crippen LogP contribution < -0.4 is 4.90 Å². The van der Waals surface area contributed by atoms with E-state index in [1.807, 2.05) is 48.5 Å². The Morgan fingerprint density at radius 1 is 0.714 bits per heavy atom. The maximum atomic E-state index is 6.14. The lowest BCUT2D eigenvalue weighted by Crippen LogP contribution is -2.29. The van der Waals surface area contributed by atoms with Gasteiger partial charge in [0.2, 0.25) is 0 Å². The van der Waals surface area contributed by atoms with E-state index in [0.29, 0.717) is 5.02 Å². The summed E-state index contributed by atoms with van der Waals surface area (Å²) in [5, 5.41) is 2.26. The highest BCUT2D eigenvalue weighted by atomic mass is 35.5. The number of rotatable bonds is 1. The van der Waals surface area contributed by atoms with Crippen molar-refractivity contribution in [3.05, 3.63) is 63.6 Å². The zero-order chi connectivity index (χ0) is 15.1. The molecule has 0 aliphatic carbocycles. The van der Waals surface area contributed by atoms with Gasteiger partial charge in [0.15, 0.2) is 0 Å². The predicted molar refractivity (Wildman–Crippen MR) is 94.0 cm³/mol. The van der Waals surface area contributed by atoms with E-state index >= 15 is 0 Å². The molecule has 1 nitrogen and oxygen atoms in total. The third-order valence-corrected chi connectivity index (χ3v) is 4.13. The Morgan fingerprint density at radius 2 is 1.38 bits per heavy atom. The van der Waals surface area contributed by atoms with Crippen molar-refractivity contribution < 1.29 is 0 Å². The highest BCUT2D eigenvalue weighted by molar-refractivity contribution is 6.36. The molecule has 0 aromatic heterocycles. The van der Waals surface area contributed by atoms with E-state index in [9.17, 15) is 0 Å². The van der Waals surface area contributed by atoms with Crippen molar-refractivity contribution in [1.29, 1.82) is 0 Å². The highest BCUT2D eigenvalue weighted by Gasteiger charge is 2.13. The maximum absolute atomic E-state index is 6.14. The molecule has 112 valence electrons. The van der Waals surface area contributed by atoms with Crippen LogP contribution in [-0.2, 0) is 0 Å². The van der Waals surface area contributed by atoms with Crippen molar-refractivity contribution in [2.24, 2.45) is 0 Å². The predicted octanol–water partition coefficient (Wildman–Crippen LogP) is 6.32. The highest BCUT2D eigenvalue weighted by Crippen LogP contribution is 2.30. The Morgan fingerprint density at radius 3 is 1.90 bits per heavy atom. The van der Waals surface area contributed by atoms with E-state index in [0.717, 1.165) is 28.8 Å². The van der Waals surface area contributed by atoms with E-state index in [4.69, 9.17) is 34.8 Å². The standard InChI is InChI=1S/C11H13Cl2N.C6H5Cl/c12-9-4-5-11(10(13)8-9)14-6-2-1-3-7-14;7-6-4-2-1-3-5-6/h4-5,8H,1-3,6-7H2;1-5H. The third-order valence-electron chi connectivity index (χ3n) is 3.34. The second-order valence-corrected chi connectivity index (χ2v) is 6.22. The first-order valence-corrected chi connectivity index (χ1v) is 8.21. The summed E-state index contributed by atoms with van der Waals surface area (Å²) in [5.41, 5.74) is 1.12. The number of halogens is 3. The fourth-order valence-electron chi connectivity index (χ4n) is 2.29. The van der Waals surface area contributed by atoms with Crippen LogP contribution in [-0.4, -0.2) is 13.1 Å². The van der Waals surface area contributed by atoms with Crippen LogP contribution in [0.4, 0.5) is 5.69 Å². The molecule has 21 heavy (non-hydrogen) atoms. The van der Waals surface area contributed by atoms with Crippen LogP contribution in [0.5, 0.6) is 0 Å². The van der Waals surface area contributed by atoms with Gasteiger partial charge in [0.1, 0.15) is 0 Å². The van der Waals surface area contributed by atoms with Crippen LogP contribution in [0.25, 0.3) is 0 Å². The van der Waals surface area contributed by atoms with Gasteiger partial charge in [-0.15, -0.1) is 0 Å². The Hall–Kier alpha value is -0.890. The molecule has 3 rings (SSSR count). The van der Waals surface area contributed by atoms with Gasteiger partial charge in [-0.1, -0.05) is 53.0 Å². The van der Waals surface area contributed by atoms with E-state index in [2.05, 4.69) is 4.90 Å². The van der Waals surface area contributed by atoms with Crippen LogP contribution in [0.3, 0.4) is 0 Å². The molecular weight excluding hydrogens is 325 g/mol. The first kappa shape index (κ1) is 16.5. The van der Waals surface area contributed by atoms with Crippen molar-refractivity contribution in [3.63, 3.8) is 0 Å². The Balaban J connectivity index is 0.000000194. The molecule has 2 aromatic rings. The summed E-state index contributed by atoms with van der Waals surface area (Å²) < 4.78 is 0. The molecule has 0 saturated carbocycles. The summed E-state index contributed by atoms with van der Waals surface area (Å²) in [5.74, 6) is 0. The molecule has 1 fully saturated rings. The summed E-state index contributed by atoms with van der Waals surface area (Å²) in [6.45, 7) is 2.22. The fourth-order valence-corrected chi connectivity index (χ4v) is 2.96. The maximum Gasteiger partial charge on any atom is 0.0654 e. The van der Waals surface area contributed by atoms with E-state index in [-0.39, 0.29) is 0 Å². The molecule has 1 saturated heterocycles. The second kappa shape index (κ2) is 8.53. The van der Waals surface area contributed by atoms with Crippen LogP contribution in [0.15, 0.2) is 48.5 Å². The summed E-state index contributed by atoms with van der Waals surface area (Å²) in [7, 11) is 0. The monoisotopic (exact) mass is 341 g/mol. The Bertz CT molecular complexity index is 551. The lowest BCUT2D eigenvalue weighted by atomic mass is 10.1. The Labute approximate surface area is 141 Å². The molecule has 0 N–H and O–H groups in total. The van der Waals surface area contributed by atoms with Gasteiger partial charge in [0.05, 0.1) is 10.7 Å². The zero-order valence-corrected chi connectivity index (χ0v) is 14.0. The fraction of sp³-hybridized carbons (Fsp3) is 0.294. The number of benzene rings is 2. The van der Waals surface area contributed by atoms with Crippen LogP contribution in [0, 0.1) is 0 Å². The average Bonchev–Trinajstić information content (AvgIpc) is 2.49. The molecule has 0 amide bonds. The van der Waals surface area contributed by atoms with Gasteiger partial charge in [0, 0.05) is 23.1 Å². The number of nitrogens with zero attached hydrogens (tertiary/aromatic N) is 1. The molecule has 0 unspecified atom stereocenters. The van der Waals surface area contributed by atoms with Gasteiger partial charge in [-0.05, 0) is 49.6 Å². The lowest BCUT2D eigenvalue weighted by molar-refractivity contribution is 0.578. The van der Waals surface area contributed by atoms with Gasteiger partial charge in [-0.3, -0.25) is 0 Å². The molecule has 4 heteroatoms. The van der Waals surface area contributed by atoms with Gasteiger partial charge in [-0.25, -0.2) is 0 Å². The number of hydrogen-bond donors (Lipinski definition) is 0. The SMILES string of the molecule is Clc1ccc(N2CCCCC2)c(Cl)c1.Clc1ccccc1. The van der Waals surface area contributed by atoms with Crippen molar-refractivity contribution in [1.82, 2.24) is 0 Å². The van der Waals surface area contributed by atoms with Crippen molar-refractivity contribution in [2.45, 2.75) is 19.3 Å².